The number of hydrogen-bond donors (Lipinski definition) is 1. The number of nitrogens with zero attached hydrogens (tertiary/aromatic N) is 2. The van der Waals surface area contributed by atoms with E-state index in [1.807, 2.05) is 13.1 Å². The SMILES string of the molecule is CCC(N)Cc1cccc(F)c1N(C)CC1CCCN1C. The van der Waals surface area contributed by atoms with Crippen molar-refractivity contribution in [3.05, 3.63) is 29.6 Å². The number of benzene rings is 1. The number of nitrogens with two attached hydrogens (primary N) is 1. The van der Waals surface area contributed by atoms with Gasteiger partial charge in [-0.05, 0) is 50.9 Å². The van der Waals surface area contributed by atoms with Crippen LogP contribution in [0.4, 0.5) is 10.1 Å². The minimum absolute atomic E-state index is 0.0908. The number of hydrogen-bond acceptors (Lipinski definition) is 3. The predicted molar refractivity (Wildman–Crippen MR) is 87.3 cm³/mol. The highest BCUT2D eigenvalue weighted by Crippen LogP contribution is 2.27. The molecule has 2 N–H and O–H groups in total. The van der Waals surface area contributed by atoms with E-state index in [1.165, 1.54) is 12.8 Å². The lowest BCUT2D eigenvalue weighted by atomic mass is 10.0. The summed E-state index contributed by atoms with van der Waals surface area (Å²) in [6.07, 6.45) is 4.07. The summed E-state index contributed by atoms with van der Waals surface area (Å²) in [5, 5.41) is 0. The average Bonchev–Trinajstić information content (AvgIpc) is 2.84. The van der Waals surface area contributed by atoms with Crippen molar-refractivity contribution in [3.8, 4) is 0 Å². The van der Waals surface area contributed by atoms with Crippen molar-refractivity contribution in [2.45, 2.75) is 44.7 Å². The molecule has 0 spiro atoms. The van der Waals surface area contributed by atoms with E-state index in [4.69, 9.17) is 5.73 Å². The highest BCUT2D eigenvalue weighted by atomic mass is 19.1. The number of para-hydroxylation sites is 1. The molecule has 21 heavy (non-hydrogen) atoms. The molecular formula is C17H28FN3. The van der Waals surface area contributed by atoms with E-state index in [2.05, 4.69) is 23.8 Å². The number of likely N-dealkylation sites (tertiary alicyclic amines) is 1. The van der Waals surface area contributed by atoms with E-state index < -0.39 is 0 Å². The molecule has 0 bridgehead atoms. The van der Waals surface area contributed by atoms with E-state index >= 15 is 0 Å². The molecule has 2 unspecified atom stereocenters. The maximum Gasteiger partial charge on any atom is 0.146 e. The fourth-order valence-corrected chi connectivity index (χ4v) is 3.20. The molecule has 2 atom stereocenters. The largest absolute Gasteiger partial charge is 0.370 e. The van der Waals surface area contributed by atoms with Crippen LogP contribution in [0.1, 0.15) is 31.7 Å². The fraction of sp³-hybridized carbons (Fsp3) is 0.647. The van der Waals surface area contributed by atoms with Gasteiger partial charge in [-0.15, -0.1) is 0 Å². The Morgan fingerprint density at radius 3 is 2.86 bits per heavy atom. The summed E-state index contributed by atoms with van der Waals surface area (Å²) in [5.41, 5.74) is 7.81. The van der Waals surface area contributed by atoms with E-state index in [1.54, 1.807) is 12.1 Å². The molecule has 118 valence electrons. The zero-order valence-electron chi connectivity index (χ0n) is 13.5. The van der Waals surface area contributed by atoms with Crippen LogP contribution in [0.5, 0.6) is 0 Å². The zero-order valence-corrected chi connectivity index (χ0v) is 13.5. The third-order valence-corrected chi connectivity index (χ3v) is 4.61. The molecule has 0 saturated carbocycles. The normalized spacial score (nSPS) is 20.7. The Morgan fingerprint density at radius 1 is 1.48 bits per heavy atom. The molecule has 3 nitrogen and oxygen atoms in total. The molecule has 4 heteroatoms. The van der Waals surface area contributed by atoms with Crippen LogP contribution in [0, 0.1) is 5.82 Å². The topological polar surface area (TPSA) is 32.5 Å². The summed E-state index contributed by atoms with van der Waals surface area (Å²) in [5.74, 6) is -0.140. The predicted octanol–water partition coefficient (Wildman–Crippen LogP) is 2.64. The first kappa shape index (κ1) is 16.2. The Hall–Kier alpha value is -1.13. The van der Waals surface area contributed by atoms with Gasteiger partial charge in [0.2, 0.25) is 0 Å². The summed E-state index contributed by atoms with van der Waals surface area (Å²) in [4.78, 5) is 4.44. The average molecular weight is 293 g/mol. The Kier molecular flexibility index (Phi) is 5.59. The Balaban J connectivity index is 2.16. The van der Waals surface area contributed by atoms with Crippen LogP contribution in [0.2, 0.25) is 0 Å². The molecule has 0 amide bonds. The molecule has 2 rings (SSSR count). The van der Waals surface area contributed by atoms with Crippen molar-refractivity contribution in [3.63, 3.8) is 0 Å². The molecule has 1 fully saturated rings. The van der Waals surface area contributed by atoms with Crippen LogP contribution in [0.3, 0.4) is 0 Å². The van der Waals surface area contributed by atoms with Crippen LogP contribution < -0.4 is 10.6 Å². The van der Waals surface area contributed by atoms with Crippen LogP contribution in [-0.2, 0) is 6.42 Å². The molecule has 1 aromatic rings. The van der Waals surface area contributed by atoms with Crippen molar-refractivity contribution < 1.29 is 4.39 Å². The molecule has 1 heterocycles. The standard InChI is InChI=1S/C17H28FN3/c1-4-14(19)11-13-7-5-9-16(18)17(13)21(3)12-15-8-6-10-20(15)2/h5,7,9,14-15H,4,6,8,10-12,19H2,1-3H3. The second-order valence-corrected chi connectivity index (χ2v) is 6.28. The lowest BCUT2D eigenvalue weighted by Gasteiger charge is -2.29. The molecule has 1 aliphatic rings. The van der Waals surface area contributed by atoms with Gasteiger partial charge in [0.25, 0.3) is 0 Å². The first-order valence-electron chi connectivity index (χ1n) is 7.97. The van der Waals surface area contributed by atoms with Gasteiger partial charge in [0, 0.05) is 25.7 Å². The van der Waals surface area contributed by atoms with Crippen LogP contribution in [0.15, 0.2) is 18.2 Å². The minimum Gasteiger partial charge on any atom is -0.370 e. The molecule has 1 aliphatic heterocycles. The van der Waals surface area contributed by atoms with Crippen molar-refractivity contribution >= 4 is 5.69 Å². The third kappa shape index (κ3) is 3.95. The molecule has 1 aromatic carbocycles. The lowest BCUT2D eigenvalue weighted by molar-refractivity contribution is 0.313. The van der Waals surface area contributed by atoms with Gasteiger partial charge in [0.1, 0.15) is 5.82 Å². The maximum absolute atomic E-state index is 14.3. The van der Waals surface area contributed by atoms with Crippen LogP contribution in [-0.4, -0.2) is 44.2 Å². The number of likely N-dealkylation sites (N-methyl/N-ethyl adjacent to an activating group) is 2. The van der Waals surface area contributed by atoms with Gasteiger partial charge in [-0.25, -0.2) is 4.39 Å². The number of anilines is 1. The van der Waals surface area contributed by atoms with E-state index in [-0.39, 0.29) is 11.9 Å². The molecule has 0 aliphatic carbocycles. The molecule has 0 radical (unpaired) electrons. The van der Waals surface area contributed by atoms with Gasteiger partial charge < -0.3 is 15.5 Å². The van der Waals surface area contributed by atoms with Gasteiger partial charge in [-0.3, -0.25) is 0 Å². The summed E-state index contributed by atoms with van der Waals surface area (Å²) in [7, 11) is 4.15. The highest BCUT2D eigenvalue weighted by molar-refractivity contribution is 5.55. The van der Waals surface area contributed by atoms with Gasteiger partial charge >= 0.3 is 0 Å². The smallest absolute Gasteiger partial charge is 0.146 e. The maximum atomic E-state index is 14.3. The fourth-order valence-electron chi connectivity index (χ4n) is 3.20. The van der Waals surface area contributed by atoms with E-state index in [0.717, 1.165) is 37.2 Å². The van der Waals surface area contributed by atoms with Gasteiger partial charge in [0.05, 0.1) is 5.69 Å². The van der Waals surface area contributed by atoms with Crippen LogP contribution >= 0.6 is 0 Å². The van der Waals surface area contributed by atoms with Crippen molar-refractivity contribution in [1.29, 1.82) is 0 Å². The summed E-state index contributed by atoms with van der Waals surface area (Å²) < 4.78 is 14.3. The van der Waals surface area contributed by atoms with Gasteiger partial charge in [-0.1, -0.05) is 19.1 Å². The second kappa shape index (κ2) is 7.23. The minimum atomic E-state index is -0.140. The van der Waals surface area contributed by atoms with Crippen molar-refractivity contribution in [1.82, 2.24) is 4.90 Å². The highest BCUT2D eigenvalue weighted by Gasteiger charge is 2.24. The first-order valence-corrected chi connectivity index (χ1v) is 7.97. The van der Waals surface area contributed by atoms with Gasteiger partial charge in [-0.2, -0.15) is 0 Å². The monoisotopic (exact) mass is 293 g/mol. The van der Waals surface area contributed by atoms with Crippen molar-refractivity contribution in [2.24, 2.45) is 5.73 Å². The molecular weight excluding hydrogens is 265 g/mol. The van der Waals surface area contributed by atoms with Crippen molar-refractivity contribution in [2.75, 3.05) is 32.1 Å². The molecule has 0 aromatic heterocycles. The quantitative estimate of drug-likeness (QED) is 0.875. The van der Waals surface area contributed by atoms with Crippen LogP contribution in [0.25, 0.3) is 0 Å². The lowest BCUT2D eigenvalue weighted by Crippen LogP contribution is -2.37. The molecule has 1 saturated heterocycles. The first-order chi connectivity index (χ1) is 10.0. The van der Waals surface area contributed by atoms with E-state index in [0.29, 0.717) is 6.04 Å². The Bertz CT molecular complexity index is 463. The third-order valence-electron chi connectivity index (χ3n) is 4.61. The zero-order chi connectivity index (χ0) is 15.4. The summed E-state index contributed by atoms with van der Waals surface area (Å²) >= 11 is 0. The number of halogens is 1. The van der Waals surface area contributed by atoms with Gasteiger partial charge in [0.15, 0.2) is 0 Å². The summed E-state index contributed by atoms with van der Waals surface area (Å²) in [6, 6.07) is 5.94. The van der Waals surface area contributed by atoms with E-state index in [9.17, 15) is 4.39 Å². The Labute approximate surface area is 127 Å². The Morgan fingerprint density at radius 2 is 2.24 bits per heavy atom. The second-order valence-electron chi connectivity index (χ2n) is 6.28. The number of rotatable bonds is 6. The summed E-state index contributed by atoms with van der Waals surface area (Å²) in [6.45, 7) is 4.08.